The summed E-state index contributed by atoms with van der Waals surface area (Å²) in [5.41, 5.74) is 2.81. The van der Waals surface area contributed by atoms with E-state index >= 15 is 0 Å². The summed E-state index contributed by atoms with van der Waals surface area (Å²) in [5.74, 6) is 0.596. The summed E-state index contributed by atoms with van der Waals surface area (Å²) in [6.45, 7) is 2.53. The summed E-state index contributed by atoms with van der Waals surface area (Å²) in [6, 6.07) is 20.7. The predicted octanol–water partition coefficient (Wildman–Crippen LogP) is 4.50. The molecule has 0 fully saturated rings. The average molecular weight is 347 g/mol. The first kappa shape index (κ1) is 17.5. The molecular formula is C21H21N3O2. The van der Waals surface area contributed by atoms with E-state index in [1.54, 1.807) is 24.2 Å². The molecule has 132 valence electrons. The van der Waals surface area contributed by atoms with Crippen molar-refractivity contribution in [1.82, 2.24) is 4.98 Å². The van der Waals surface area contributed by atoms with E-state index in [0.29, 0.717) is 12.3 Å². The van der Waals surface area contributed by atoms with Crippen molar-refractivity contribution in [3.63, 3.8) is 0 Å². The van der Waals surface area contributed by atoms with Gasteiger partial charge in [0.25, 0.3) is 5.91 Å². The highest BCUT2D eigenvalue weighted by Crippen LogP contribution is 2.27. The van der Waals surface area contributed by atoms with Crippen molar-refractivity contribution in [2.24, 2.45) is 0 Å². The van der Waals surface area contributed by atoms with Crippen molar-refractivity contribution in [2.75, 3.05) is 23.9 Å². The van der Waals surface area contributed by atoms with Crippen LogP contribution in [0.4, 0.5) is 17.1 Å². The molecule has 0 aliphatic rings. The van der Waals surface area contributed by atoms with E-state index in [1.165, 1.54) is 0 Å². The first-order valence-corrected chi connectivity index (χ1v) is 8.47. The summed E-state index contributed by atoms with van der Waals surface area (Å²) in [5, 5.41) is 3.30. The van der Waals surface area contributed by atoms with Crippen molar-refractivity contribution >= 4 is 23.0 Å². The lowest BCUT2D eigenvalue weighted by Gasteiger charge is -2.17. The number of amides is 1. The van der Waals surface area contributed by atoms with Crippen molar-refractivity contribution in [3.05, 3.63) is 78.6 Å². The minimum atomic E-state index is -0.169. The highest BCUT2D eigenvalue weighted by atomic mass is 16.5. The number of para-hydroxylation sites is 3. The van der Waals surface area contributed by atoms with Crippen molar-refractivity contribution < 1.29 is 9.53 Å². The Morgan fingerprint density at radius 3 is 2.58 bits per heavy atom. The smallest absolute Gasteiger partial charge is 0.276 e. The third kappa shape index (κ3) is 4.00. The molecule has 1 N–H and O–H groups in total. The lowest BCUT2D eigenvalue weighted by Crippen LogP contribution is -2.27. The average Bonchev–Trinajstić information content (AvgIpc) is 2.69. The lowest BCUT2D eigenvalue weighted by molar-refractivity contribution is 0.0988. The van der Waals surface area contributed by atoms with E-state index < -0.39 is 0 Å². The number of carbonyl (C=O) groups is 1. The molecule has 0 saturated carbocycles. The maximum atomic E-state index is 12.7. The summed E-state index contributed by atoms with van der Waals surface area (Å²) < 4.78 is 5.63. The Labute approximate surface area is 153 Å². The molecule has 5 nitrogen and oxygen atoms in total. The zero-order valence-corrected chi connectivity index (χ0v) is 14.8. The second kappa shape index (κ2) is 8.16. The number of pyridine rings is 1. The number of benzene rings is 2. The highest BCUT2D eigenvalue weighted by molar-refractivity contribution is 6.04. The Hall–Kier alpha value is -3.34. The van der Waals surface area contributed by atoms with Gasteiger partial charge in [-0.05, 0) is 43.3 Å². The number of carbonyl (C=O) groups excluding carboxylic acids is 1. The van der Waals surface area contributed by atoms with E-state index in [1.807, 2.05) is 67.6 Å². The zero-order chi connectivity index (χ0) is 18.4. The van der Waals surface area contributed by atoms with Gasteiger partial charge in [-0.2, -0.15) is 0 Å². The molecule has 26 heavy (non-hydrogen) atoms. The molecular weight excluding hydrogens is 326 g/mol. The number of hydrogen-bond donors (Lipinski definition) is 1. The molecule has 0 aliphatic heterocycles. The van der Waals surface area contributed by atoms with Crippen molar-refractivity contribution in [3.8, 4) is 5.75 Å². The maximum Gasteiger partial charge on any atom is 0.276 e. The number of nitrogens with one attached hydrogen (secondary N) is 1. The monoisotopic (exact) mass is 347 g/mol. The Morgan fingerprint density at radius 2 is 1.81 bits per heavy atom. The Kier molecular flexibility index (Phi) is 5.49. The fraction of sp³-hybridized carbons (Fsp3) is 0.143. The molecule has 5 heteroatoms. The number of aromatic nitrogens is 1. The van der Waals surface area contributed by atoms with Crippen molar-refractivity contribution in [1.29, 1.82) is 0 Å². The zero-order valence-electron chi connectivity index (χ0n) is 14.8. The van der Waals surface area contributed by atoms with E-state index in [4.69, 9.17) is 4.74 Å². The molecule has 3 aromatic rings. The van der Waals surface area contributed by atoms with Crippen LogP contribution in [0.3, 0.4) is 0 Å². The second-order valence-corrected chi connectivity index (χ2v) is 5.68. The SMILES string of the molecule is CCOc1ccccc1Nc1ccnc(C(=O)N(C)c2ccccc2)c1. The van der Waals surface area contributed by atoms with Gasteiger partial charge in [0, 0.05) is 24.6 Å². The van der Waals surface area contributed by atoms with Crippen LogP contribution in [0.15, 0.2) is 72.9 Å². The van der Waals surface area contributed by atoms with Gasteiger partial charge in [0.2, 0.25) is 0 Å². The number of ether oxygens (including phenoxy) is 1. The number of rotatable bonds is 6. The number of nitrogens with zero attached hydrogens (tertiary/aromatic N) is 2. The molecule has 0 saturated heterocycles. The van der Waals surface area contributed by atoms with Gasteiger partial charge in [-0.25, -0.2) is 0 Å². The minimum absolute atomic E-state index is 0.169. The first-order chi connectivity index (χ1) is 12.7. The molecule has 0 bridgehead atoms. The van der Waals surface area contributed by atoms with Crippen LogP contribution in [0.5, 0.6) is 5.75 Å². The largest absolute Gasteiger partial charge is 0.492 e. The fourth-order valence-corrected chi connectivity index (χ4v) is 2.57. The third-order valence-corrected chi connectivity index (χ3v) is 3.89. The maximum absolute atomic E-state index is 12.7. The summed E-state index contributed by atoms with van der Waals surface area (Å²) >= 11 is 0. The molecule has 0 atom stereocenters. The van der Waals surface area contributed by atoms with Crippen LogP contribution in [0.1, 0.15) is 17.4 Å². The molecule has 1 aromatic heterocycles. The molecule has 0 unspecified atom stereocenters. The van der Waals surface area contributed by atoms with Crippen LogP contribution in [0, 0.1) is 0 Å². The van der Waals surface area contributed by atoms with Gasteiger partial charge < -0.3 is 15.0 Å². The Bertz CT molecular complexity index is 881. The van der Waals surface area contributed by atoms with E-state index in [0.717, 1.165) is 22.8 Å². The van der Waals surface area contributed by atoms with Crippen LogP contribution in [-0.4, -0.2) is 24.5 Å². The molecule has 0 spiro atoms. The standard InChI is InChI=1S/C21H21N3O2/c1-3-26-20-12-8-7-11-18(20)23-16-13-14-22-19(15-16)21(25)24(2)17-9-5-4-6-10-17/h4-15H,3H2,1-2H3,(H,22,23). The van der Waals surface area contributed by atoms with Gasteiger partial charge in [0.05, 0.1) is 12.3 Å². The van der Waals surface area contributed by atoms with E-state index in [9.17, 15) is 4.79 Å². The number of hydrogen-bond acceptors (Lipinski definition) is 4. The second-order valence-electron chi connectivity index (χ2n) is 5.68. The Balaban J connectivity index is 1.81. The third-order valence-electron chi connectivity index (χ3n) is 3.89. The quantitative estimate of drug-likeness (QED) is 0.713. The van der Waals surface area contributed by atoms with Crippen LogP contribution in [-0.2, 0) is 0 Å². The Morgan fingerprint density at radius 1 is 1.08 bits per heavy atom. The van der Waals surface area contributed by atoms with Gasteiger partial charge in [-0.1, -0.05) is 30.3 Å². The predicted molar refractivity (Wildman–Crippen MR) is 104 cm³/mol. The lowest BCUT2D eigenvalue weighted by atomic mass is 10.2. The fourth-order valence-electron chi connectivity index (χ4n) is 2.57. The van der Waals surface area contributed by atoms with E-state index in [2.05, 4.69) is 10.3 Å². The van der Waals surface area contributed by atoms with Crippen LogP contribution >= 0.6 is 0 Å². The van der Waals surface area contributed by atoms with Crippen LogP contribution in [0.2, 0.25) is 0 Å². The summed E-state index contributed by atoms with van der Waals surface area (Å²) in [7, 11) is 1.74. The molecule has 2 aromatic carbocycles. The van der Waals surface area contributed by atoms with Gasteiger partial charge in [0.15, 0.2) is 0 Å². The molecule has 0 radical (unpaired) electrons. The molecule has 1 amide bonds. The highest BCUT2D eigenvalue weighted by Gasteiger charge is 2.15. The summed E-state index contributed by atoms with van der Waals surface area (Å²) in [4.78, 5) is 18.5. The van der Waals surface area contributed by atoms with Gasteiger partial charge in [0.1, 0.15) is 11.4 Å². The van der Waals surface area contributed by atoms with Gasteiger partial charge in [-0.15, -0.1) is 0 Å². The van der Waals surface area contributed by atoms with Gasteiger partial charge >= 0.3 is 0 Å². The minimum Gasteiger partial charge on any atom is -0.492 e. The summed E-state index contributed by atoms with van der Waals surface area (Å²) in [6.07, 6.45) is 1.62. The van der Waals surface area contributed by atoms with Gasteiger partial charge in [-0.3, -0.25) is 9.78 Å². The van der Waals surface area contributed by atoms with E-state index in [-0.39, 0.29) is 5.91 Å². The molecule has 3 rings (SSSR count). The number of anilines is 3. The first-order valence-electron chi connectivity index (χ1n) is 8.47. The van der Waals surface area contributed by atoms with Crippen LogP contribution in [0.25, 0.3) is 0 Å². The molecule has 1 heterocycles. The van der Waals surface area contributed by atoms with Crippen molar-refractivity contribution in [2.45, 2.75) is 6.92 Å². The topological polar surface area (TPSA) is 54.5 Å². The normalized spacial score (nSPS) is 10.2. The van der Waals surface area contributed by atoms with Crippen LogP contribution < -0.4 is 15.0 Å². The molecule has 0 aliphatic carbocycles.